The van der Waals surface area contributed by atoms with Crippen LogP contribution in [0.2, 0.25) is 0 Å². The van der Waals surface area contributed by atoms with Crippen LogP contribution < -0.4 is 5.32 Å². The van der Waals surface area contributed by atoms with Crippen molar-refractivity contribution in [3.05, 3.63) is 65.5 Å². The highest BCUT2D eigenvalue weighted by atomic mass is 32.2. The molecule has 6 heteroatoms. The minimum absolute atomic E-state index is 0.253. The highest BCUT2D eigenvalue weighted by Gasteiger charge is 2.42. The maximum Gasteiger partial charge on any atom is 0.245 e. The van der Waals surface area contributed by atoms with Gasteiger partial charge >= 0.3 is 0 Å². The van der Waals surface area contributed by atoms with Gasteiger partial charge in [-0.15, -0.1) is 0 Å². The molecule has 2 aromatic carbocycles. The second-order valence-corrected chi connectivity index (χ2v) is 8.61. The lowest BCUT2D eigenvalue weighted by atomic mass is 10.1. The van der Waals surface area contributed by atoms with Crippen LogP contribution in [-0.2, 0) is 10.0 Å². The molecule has 0 bridgehead atoms. The molecule has 0 aliphatic carbocycles. The topological polar surface area (TPSA) is 49.4 Å². The molecular weight excluding hydrogens is 351 g/mol. The Hall–Kier alpha value is -1.76. The number of hydrogen-bond donors (Lipinski definition) is 1. The fourth-order valence-electron chi connectivity index (χ4n) is 3.46. The van der Waals surface area contributed by atoms with E-state index < -0.39 is 10.0 Å². The van der Waals surface area contributed by atoms with E-state index in [4.69, 9.17) is 0 Å². The van der Waals surface area contributed by atoms with Gasteiger partial charge in [0.15, 0.2) is 0 Å². The fraction of sp³-hybridized carbons (Fsp3) is 0.400. The van der Waals surface area contributed by atoms with Crippen LogP contribution in [0, 0.1) is 12.7 Å². The summed E-state index contributed by atoms with van der Waals surface area (Å²) in [6.07, 6.45) is 2.11. The van der Waals surface area contributed by atoms with Gasteiger partial charge in [0.05, 0.1) is 17.1 Å². The summed E-state index contributed by atoms with van der Waals surface area (Å²) >= 11 is 0. The first kappa shape index (κ1) is 19.0. The third kappa shape index (κ3) is 3.82. The van der Waals surface area contributed by atoms with Crippen molar-refractivity contribution in [2.75, 3.05) is 6.54 Å². The second kappa shape index (κ2) is 7.86. The molecule has 140 valence electrons. The normalized spacial score (nSPS) is 21.2. The van der Waals surface area contributed by atoms with Crippen molar-refractivity contribution >= 4 is 10.0 Å². The van der Waals surface area contributed by atoms with Crippen molar-refractivity contribution in [2.24, 2.45) is 0 Å². The fourth-order valence-corrected chi connectivity index (χ4v) is 5.26. The van der Waals surface area contributed by atoms with Crippen LogP contribution in [0.15, 0.2) is 53.4 Å². The summed E-state index contributed by atoms with van der Waals surface area (Å²) in [5.41, 5.74) is 1.84. The molecule has 3 rings (SSSR count). The van der Waals surface area contributed by atoms with Crippen molar-refractivity contribution in [1.29, 1.82) is 0 Å². The van der Waals surface area contributed by atoms with Crippen molar-refractivity contribution in [3.63, 3.8) is 0 Å². The van der Waals surface area contributed by atoms with Crippen LogP contribution in [0.4, 0.5) is 4.39 Å². The molecule has 1 saturated heterocycles. The molecule has 2 atom stereocenters. The Bertz CT molecular complexity index is 835. The highest BCUT2D eigenvalue weighted by molar-refractivity contribution is 7.89. The van der Waals surface area contributed by atoms with Crippen LogP contribution in [0.25, 0.3) is 0 Å². The number of sulfonamides is 1. The van der Waals surface area contributed by atoms with Gasteiger partial charge in [0.2, 0.25) is 10.0 Å². The van der Waals surface area contributed by atoms with Gasteiger partial charge in [-0.25, -0.2) is 12.8 Å². The van der Waals surface area contributed by atoms with Crippen molar-refractivity contribution in [3.8, 4) is 0 Å². The van der Waals surface area contributed by atoms with Gasteiger partial charge in [-0.1, -0.05) is 36.8 Å². The number of rotatable bonds is 6. The molecule has 0 saturated carbocycles. The Balaban J connectivity index is 2.00. The predicted molar refractivity (Wildman–Crippen MR) is 101 cm³/mol. The molecule has 4 nitrogen and oxygen atoms in total. The average molecular weight is 376 g/mol. The standard InChI is InChI=1S/C20H25FN2O2S/c1-3-14-22-20-13-12-19(16-6-8-17(21)9-7-16)23(20)26(24,25)18-10-4-15(2)5-11-18/h4-11,19-20,22H,3,12-14H2,1-2H3. The van der Waals surface area contributed by atoms with Crippen molar-refractivity contribution in [1.82, 2.24) is 9.62 Å². The van der Waals surface area contributed by atoms with Crippen LogP contribution >= 0.6 is 0 Å². The van der Waals surface area contributed by atoms with Gasteiger partial charge in [-0.3, -0.25) is 0 Å². The third-order valence-electron chi connectivity index (χ3n) is 4.81. The Morgan fingerprint density at radius 3 is 2.35 bits per heavy atom. The van der Waals surface area contributed by atoms with E-state index in [-0.39, 0.29) is 18.0 Å². The van der Waals surface area contributed by atoms with Gasteiger partial charge in [0.25, 0.3) is 0 Å². The Morgan fingerprint density at radius 2 is 1.73 bits per heavy atom. The third-order valence-corrected chi connectivity index (χ3v) is 6.74. The molecule has 0 aromatic heterocycles. The maximum atomic E-state index is 13.4. The molecule has 2 unspecified atom stereocenters. The number of benzene rings is 2. The SMILES string of the molecule is CCCNC1CCC(c2ccc(F)cc2)N1S(=O)(=O)c1ccc(C)cc1. The van der Waals surface area contributed by atoms with Gasteiger partial charge in [-0.2, -0.15) is 4.31 Å². The second-order valence-electron chi connectivity index (χ2n) is 6.76. The van der Waals surface area contributed by atoms with Crippen molar-refractivity contribution in [2.45, 2.75) is 50.2 Å². The van der Waals surface area contributed by atoms with Crippen LogP contribution in [-0.4, -0.2) is 25.4 Å². The van der Waals surface area contributed by atoms with E-state index >= 15 is 0 Å². The summed E-state index contributed by atoms with van der Waals surface area (Å²) in [6.45, 7) is 4.73. The largest absolute Gasteiger partial charge is 0.301 e. The molecule has 1 aliphatic heterocycles. The summed E-state index contributed by atoms with van der Waals surface area (Å²) in [7, 11) is -3.67. The molecule has 0 radical (unpaired) electrons. The van der Waals surface area contributed by atoms with E-state index in [1.54, 1.807) is 28.6 Å². The summed E-state index contributed by atoms with van der Waals surface area (Å²) in [5.74, 6) is -0.319. The first-order valence-corrected chi connectivity index (χ1v) is 10.5. The lowest BCUT2D eigenvalue weighted by Gasteiger charge is -2.30. The van der Waals surface area contributed by atoms with E-state index in [2.05, 4.69) is 12.2 Å². The summed E-state index contributed by atoms with van der Waals surface area (Å²) in [4.78, 5) is 0.292. The molecule has 0 amide bonds. The summed E-state index contributed by atoms with van der Waals surface area (Å²) in [6, 6.07) is 12.8. The average Bonchev–Trinajstić information content (AvgIpc) is 3.05. The minimum atomic E-state index is -3.67. The van der Waals surface area contributed by atoms with Crippen LogP contribution in [0.1, 0.15) is 43.4 Å². The molecular formula is C20H25FN2O2S. The van der Waals surface area contributed by atoms with E-state index in [0.29, 0.717) is 11.3 Å². The van der Waals surface area contributed by atoms with Crippen molar-refractivity contribution < 1.29 is 12.8 Å². The molecule has 2 aromatic rings. The maximum absolute atomic E-state index is 13.4. The van der Waals surface area contributed by atoms with E-state index in [0.717, 1.165) is 30.5 Å². The first-order chi connectivity index (χ1) is 12.4. The Kier molecular flexibility index (Phi) is 5.75. The number of halogens is 1. The molecule has 1 N–H and O–H groups in total. The zero-order valence-corrected chi connectivity index (χ0v) is 16.0. The van der Waals surface area contributed by atoms with Gasteiger partial charge in [-0.05, 0) is 62.6 Å². The molecule has 1 aliphatic rings. The molecule has 1 fully saturated rings. The minimum Gasteiger partial charge on any atom is -0.301 e. The molecule has 26 heavy (non-hydrogen) atoms. The monoisotopic (exact) mass is 376 g/mol. The number of nitrogens with zero attached hydrogens (tertiary/aromatic N) is 1. The van der Waals surface area contributed by atoms with Crippen LogP contribution in [0.5, 0.6) is 0 Å². The Labute approximate surface area is 155 Å². The summed E-state index contributed by atoms with van der Waals surface area (Å²) in [5, 5.41) is 3.35. The highest BCUT2D eigenvalue weighted by Crippen LogP contribution is 2.39. The summed E-state index contributed by atoms with van der Waals surface area (Å²) < 4.78 is 41.6. The Morgan fingerprint density at radius 1 is 1.08 bits per heavy atom. The number of nitrogens with one attached hydrogen (secondary N) is 1. The van der Waals surface area contributed by atoms with Gasteiger partial charge in [0.1, 0.15) is 5.82 Å². The zero-order valence-electron chi connectivity index (χ0n) is 15.2. The lowest BCUT2D eigenvalue weighted by Crippen LogP contribution is -2.45. The number of hydrogen-bond acceptors (Lipinski definition) is 3. The van der Waals surface area contributed by atoms with Gasteiger partial charge < -0.3 is 5.32 Å². The zero-order chi connectivity index (χ0) is 18.7. The van der Waals surface area contributed by atoms with Crippen LogP contribution in [0.3, 0.4) is 0 Å². The smallest absolute Gasteiger partial charge is 0.245 e. The molecule has 1 heterocycles. The van der Waals surface area contributed by atoms with Gasteiger partial charge in [0, 0.05) is 0 Å². The van der Waals surface area contributed by atoms with E-state index in [1.807, 2.05) is 19.1 Å². The van der Waals surface area contributed by atoms with E-state index in [1.165, 1.54) is 12.1 Å². The lowest BCUT2D eigenvalue weighted by molar-refractivity contribution is 0.286. The number of aryl methyl sites for hydroxylation is 1. The quantitative estimate of drug-likeness (QED) is 0.829. The predicted octanol–water partition coefficient (Wildman–Crippen LogP) is 3.99. The first-order valence-electron chi connectivity index (χ1n) is 9.02. The molecule has 0 spiro atoms. The van der Waals surface area contributed by atoms with E-state index in [9.17, 15) is 12.8 Å².